The van der Waals surface area contributed by atoms with Crippen LogP contribution in [0.4, 0.5) is 5.82 Å². The van der Waals surface area contributed by atoms with E-state index in [0.29, 0.717) is 24.5 Å². The predicted molar refractivity (Wildman–Crippen MR) is 103 cm³/mol. The van der Waals surface area contributed by atoms with Gasteiger partial charge in [0.05, 0.1) is 17.2 Å². The molecule has 4 rings (SSSR count). The van der Waals surface area contributed by atoms with Crippen molar-refractivity contribution in [3.63, 3.8) is 0 Å². The van der Waals surface area contributed by atoms with E-state index in [4.69, 9.17) is 4.42 Å². The summed E-state index contributed by atoms with van der Waals surface area (Å²) < 4.78 is 5.13. The van der Waals surface area contributed by atoms with Gasteiger partial charge in [-0.25, -0.2) is 9.97 Å². The highest BCUT2D eigenvalue weighted by atomic mass is 32.1. The van der Waals surface area contributed by atoms with Crippen molar-refractivity contribution in [2.24, 2.45) is 0 Å². The van der Waals surface area contributed by atoms with Crippen molar-refractivity contribution in [1.29, 1.82) is 0 Å². The van der Waals surface area contributed by atoms with Crippen molar-refractivity contribution < 1.29 is 9.21 Å². The Morgan fingerprint density at radius 1 is 1.19 bits per heavy atom. The van der Waals surface area contributed by atoms with Crippen LogP contribution in [0.15, 0.2) is 59.4 Å². The lowest BCUT2D eigenvalue weighted by Crippen LogP contribution is -2.14. The van der Waals surface area contributed by atoms with E-state index in [1.54, 1.807) is 23.9 Å². The maximum atomic E-state index is 12.4. The maximum absolute atomic E-state index is 12.4. The minimum atomic E-state index is -0.0594. The number of nitrogens with one attached hydrogen (secondary N) is 1. The number of furan rings is 1. The van der Waals surface area contributed by atoms with Gasteiger partial charge in [0.15, 0.2) is 5.82 Å². The number of fused-ring (bicyclic) bond motifs is 1. The number of nitrogens with zero attached hydrogens (tertiary/aromatic N) is 2. The van der Waals surface area contributed by atoms with E-state index in [9.17, 15) is 4.79 Å². The fraction of sp³-hybridized carbons (Fsp3) is 0.150. The van der Waals surface area contributed by atoms with Gasteiger partial charge in [0.25, 0.3) is 0 Å². The Hall–Kier alpha value is -2.99. The Labute approximate surface area is 154 Å². The number of carbonyl (C=O) groups excluding carboxylic acids is 1. The van der Waals surface area contributed by atoms with Crippen molar-refractivity contribution >= 4 is 33.3 Å². The lowest BCUT2D eigenvalue weighted by atomic mass is 10.1. The van der Waals surface area contributed by atoms with Crippen LogP contribution in [0.2, 0.25) is 0 Å². The molecule has 4 aromatic rings. The zero-order valence-corrected chi connectivity index (χ0v) is 15.0. The van der Waals surface area contributed by atoms with Crippen LogP contribution in [-0.4, -0.2) is 15.9 Å². The van der Waals surface area contributed by atoms with Gasteiger partial charge in [-0.05, 0) is 31.0 Å². The number of anilines is 1. The largest absolute Gasteiger partial charge is 0.472 e. The molecule has 0 aliphatic heterocycles. The number of carbonyl (C=O) groups is 1. The Balaban J connectivity index is 1.59. The molecule has 1 aromatic carbocycles. The third-order valence-electron chi connectivity index (χ3n) is 4.04. The summed E-state index contributed by atoms with van der Waals surface area (Å²) in [5.74, 6) is 1.04. The summed E-state index contributed by atoms with van der Waals surface area (Å²) in [6.07, 6.45) is 4.28. The number of aryl methyl sites for hydroxylation is 2. The summed E-state index contributed by atoms with van der Waals surface area (Å²) in [4.78, 5) is 23.6. The van der Waals surface area contributed by atoms with Crippen LogP contribution in [0.3, 0.4) is 0 Å². The lowest BCUT2D eigenvalue weighted by Gasteiger charge is -2.07. The summed E-state index contributed by atoms with van der Waals surface area (Å²) in [5, 5.41) is 3.83. The Kier molecular flexibility index (Phi) is 4.50. The Morgan fingerprint density at radius 2 is 2.04 bits per heavy atom. The van der Waals surface area contributed by atoms with Crippen molar-refractivity contribution in [2.45, 2.75) is 19.8 Å². The van der Waals surface area contributed by atoms with Crippen LogP contribution in [0.25, 0.3) is 21.6 Å². The molecule has 0 spiro atoms. The molecule has 0 atom stereocenters. The van der Waals surface area contributed by atoms with Gasteiger partial charge < -0.3 is 9.73 Å². The smallest absolute Gasteiger partial charge is 0.225 e. The number of hydrogen-bond donors (Lipinski definition) is 1. The summed E-state index contributed by atoms with van der Waals surface area (Å²) in [7, 11) is 0. The molecule has 0 radical (unpaired) electrons. The number of aromatic nitrogens is 2. The number of rotatable bonds is 5. The monoisotopic (exact) mass is 363 g/mol. The van der Waals surface area contributed by atoms with Crippen LogP contribution in [-0.2, 0) is 11.2 Å². The third kappa shape index (κ3) is 3.50. The molecule has 0 unspecified atom stereocenters. The number of amides is 1. The molecule has 3 aromatic heterocycles. The highest BCUT2D eigenvalue weighted by Gasteiger charge is 2.14. The topological polar surface area (TPSA) is 68.0 Å². The van der Waals surface area contributed by atoms with E-state index in [1.807, 2.05) is 49.4 Å². The number of benzene rings is 1. The first-order chi connectivity index (χ1) is 12.7. The molecule has 1 amide bonds. The molecule has 1 N–H and O–H groups in total. The minimum Gasteiger partial charge on any atom is -0.472 e. The molecule has 0 bridgehead atoms. The van der Waals surface area contributed by atoms with E-state index in [1.165, 1.54) is 0 Å². The van der Waals surface area contributed by atoms with E-state index >= 15 is 0 Å². The number of hydrogen-bond acceptors (Lipinski definition) is 5. The summed E-state index contributed by atoms with van der Waals surface area (Å²) in [6, 6.07) is 13.8. The fourth-order valence-corrected chi connectivity index (χ4v) is 3.63. The van der Waals surface area contributed by atoms with Crippen LogP contribution in [0.1, 0.15) is 16.9 Å². The molecule has 0 aliphatic rings. The number of thiophene rings is 1. The molecular weight excluding hydrogens is 346 g/mol. The second-order valence-corrected chi connectivity index (χ2v) is 7.25. The van der Waals surface area contributed by atoms with E-state index in [2.05, 4.69) is 15.3 Å². The van der Waals surface area contributed by atoms with Gasteiger partial charge in [-0.2, -0.15) is 0 Å². The zero-order chi connectivity index (χ0) is 17.9. The first-order valence-corrected chi connectivity index (χ1v) is 9.15. The average molecular weight is 363 g/mol. The van der Waals surface area contributed by atoms with E-state index < -0.39 is 0 Å². The minimum absolute atomic E-state index is 0.0594. The molecular formula is C20H17N3O2S. The average Bonchev–Trinajstić information content (AvgIpc) is 3.30. The van der Waals surface area contributed by atoms with Gasteiger partial charge in [0.1, 0.15) is 16.9 Å². The van der Waals surface area contributed by atoms with Gasteiger partial charge in [0, 0.05) is 11.3 Å². The standard InChI is InChI=1S/C20H17N3O2S/c1-13-11-16-19(21-17(24)8-7-14-5-3-2-4-6-14)22-18(23-20(16)26-13)15-9-10-25-12-15/h2-6,9-12H,7-8H2,1H3,(H,21,22,23,24). The van der Waals surface area contributed by atoms with E-state index in [-0.39, 0.29) is 5.91 Å². The van der Waals surface area contributed by atoms with Crippen molar-refractivity contribution in [3.05, 3.63) is 65.4 Å². The van der Waals surface area contributed by atoms with Gasteiger partial charge in [-0.1, -0.05) is 30.3 Å². The molecule has 26 heavy (non-hydrogen) atoms. The fourth-order valence-electron chi connectivity index (χ4n) is 2.76. The third-order valence-corrected chi connectivity index (χ3v) is 4.98. The molecule has 0 fully saturated rings. The highest BCUT2D eigenvalue weighted by molar-refractivity contribution is 7.18. The molecule has 0 saturated carbocycles. The van der Waals surface area contributed by atoms with Gasteiger partial charge in [0.2, 0.25) is 5.91 Å². The maximum Gasteiger partial charge on any atom is 0.225 e. The molecule has 130 valence electrons. The zero-order valence-electron chi connectivity index (χ0n) is 14.2. The quantitative estimate of drug-likeness (QED) is 0.551. The summed E-state index contributed by atoms with van der Waals surface area (Å²) in [5.41, 5.74) is 1.93. The molecule has 5 nitrogen and oxygen atoms in total. The molecule has 3 heterocycles. The molecule has 0 aliphatic carbocycles. The van der Waals surface area contributed by atoms with E-state index in [0.717, 1.165) is 26.2 Å². The summed E-state index contributed by atoms with van der Waals surface area (Å²) >= 11 is 1.58. The first-order valence-electron chi connectivity index (χ1n) is 8.33. The Morgan fingerprint density at radius 3 is 2.81 bits per heavy atom. The predicted octanol–water partition coefficient (Wildman–Crippen LogP) is 4.83. The van der Waals surface area contributed by atoms with Crippen molar-refractivity contribution in [1.82, 2.24) is 9.97 Å². The van der Waals surface area contributed by atoms with Crippen molar-refractivity contribution in [3.8, 4) is 11.4 Å². The van der Waals surface area contributed by atoms with Gasteiger partial charge in [-0.3, -0.25) is 4.79 Å². The first kappa shape index (κ1) is 16.5. The second-order valence-electron chi connectivity index (χ2n) is 6.02. The van der Waals surface area contributed by atoms with Crippen LogP contribution >= 0.6 is 11.3 Å². The SMILES string of the molecule is Cc1cc2c(NC(=O)CCc3ccccc3)nc(-c3ccoc3)nc2s1. The van der Waals surface area contributed by atoms with Crippen LogP contribution in [0.5, 0.6) is 0 Å². The normalized spacial score (nSPS) is 11.0. The second kappa shape index (κ2) is 7.09. The van der Waals surface area contributed by atoms with Gasteiger partial charge in [-0.15, -0.1) is 11.3 Å². The van der Waals surface area contributed by atoms with Crippen LogP contribution in [0, 0.1) is 6.92 Å². The highest BCUT2D eigenvalue weighted by Crippen LogP contribution is 2.31. The Bertz CT molecular complexity index is 1040. The molecule has 6 heteroatoms. The van der Waals surface area contributed by atoms with Gasteiger partial charge >= 0.3 is 0 Å². The molecule has 0 saturated heterocycles. The lowest BCUT2D eigenvalue weighted by molar-refractivity contribution is -0.116. The summed E-state index contributed by atoms with van der Waals surface area (Å²) in [6.45, 7) is 2.02. The van der Waals surface area contributed by atoms with Crippen LogP contribution < -0.4 is 5.32 Å². The van der Waals surface area contributed by atoms with Crippen molar-refractivity contribution in [2.75, 3.05) is 5.32 Å².